The largest absolute Gasteiger partial charge is 0.489 e. The molecule has 0 unspecified atom stereocenters. The highest BCUT2D eigenvalue weighted by Gasteiger charge is 2.34. The van der Waals surface area contributed by atoms with Gasteiger partial charge in [-0.15, -0.1) is 0 Å². The highest BCUT2D eigenvalue weighted by molar-refractivity contribution is 6.03. The number of benzene rings is 1. The van der Waals surface area contributed by atoms with Gasteiger partial charge in [-0.25, -0.2) is 0 Å². The van der Waals surface area contributed by atoms with E-state index in [2.05, 4.69) is 27.1 Å². The fourth-order valence-electron chi connectivity index (χ4n) is 4.08. The predicted molar refractivity (Wildman–Crippen MR) is 135 cm³/mol. The van der Waals surface area contributed by atoms with E-state index >= 15 is 0 Å². The second-order valence-electron chi connectivity index (χ2n) is 9.19. The molecule has 0 saturated carbocycles. The molecule has 2 aromatic heterocycles. The van der Waals surface area contributed by atoms with Gasteiger partial charge in [-0.05, 0) is 55.0 Å². The fourth-order valence-corrected chi connectivity index (χ4v) is 4.08. The van der Waals surface area contributed by atoms with Crippen LogP contribution in [0.4, 0.5) is 5.69 Å². The first-order valence-corrected chi connectivity index (χ1v) is 11.9. The summed E-state index contributed by atoms with van der Waals surface area (Å²) in [6.45, 7) is 2.25. The van der Waals surface area contributed by atoms with Crippen molar-refractivity contribution in [2.24, 2.45) is 0 Å². The standard InChI is InChI=1S/C28H26N4O5/c1-18-4-3-5-21(30-18)12-20-9-11-29-22(13-20)26(33)31-23-15-37-25-7-6-19(8-10-28(35)16-36-17-28)14-24(25)32(2)27(23)34/h3-7,9,11,13-14,23,35H,12,15-17H2,1-2H3,(H,31,33)/t23-/m1/s1. The Kier molecular flexibility index (Phi) is 6.61. The number of nitrogens with zero attached hydrogens (tertiary/aromatic N) is 3. The van der Waals surface area contributed by atoms with E-state index in [1.807, 2.05) is 31.2 Å². The summed E-state index contributed by atoms with van der Waals surface area (Å²) in [6.07, 6.45) is 2.13. The van der Waals surface area contributed by atoms with Crippen LogP contribution in [0.5, 0.6) is 5.75 Å². The molecule has 0 bridgehead atoms. The van der Waals surface area contributed by atoms with Gasteiger partial charge < -0.3 is 24.8 Å². The average Bonchev–Trinajstić information content (AvgIpc) is 2.98. The summed E-state index contributed by atoms with van der Waals surface area (Å²) in [4.78, 5) is 36.4. The molecule has 2 aliphatic heterocycles. The number of nitrogens with one attached hydrogen (secondary N) is 1. The number of anilines is 1. The van der Waals surface area contributed by atoms with Crippen molar-refractivity contribution in [3.05, 3.63) is 82.9 Å². The van der Waals surface area contributed by atoms with E-state index in [-0.39, 0.29) is 31.4 Å². The Hall–Kier alpha value is -4.26. The summed E-state index contributed by atoms with van der Waals surface area (Å²) in [6, 6.07) is 13.6. The minimum absolute atomic E-state index is 0.0308. The number of aryl methyl sites for hydroxylation is 1. The first kappa shape index (κ1) is 24.4. The van der Waals surface area contributed by atoms with Gasteiger partial charge in [0, 0.05) is 36.6 Å². The van der Waals surface area contributed by atoms with Crippen molar-refractivity contribution in [2.75, 3.05) is 31.8 Å². The number of ether oxygens (including phenoxy) is 2. The first-order chi connectivity index (χ1) is 17.8. The van der Waals surface area contributed by atoms with Crippen molar-refractivity contribution in [1.82, 2.24) is 15.3 Å². The van der Waals surface area contributed by atoms with Gasteiger partial charge in [-0.1, -0.05) is 17.9 Å². The summed E-state index contributed by atoms with van der Waals surface area (Å²) in [5.74, 6) is 5.43. The van der Waals surface area contributed by atoms with Crippen LogP contribution in [-0.2, 0) is 16.0 Å². The SMILES string of the molecule is Cc1cccc(Cc2ccnc(C(=O)N[C@@H]3COc4ccc(C#CC5(O)COC5)cc4N(C)C3=O)c2)n1. The number of carbonyl (C=O) groups is 2. The Balaban J connectivity index is 1.29. The number of hydrogen-bond acceptors (Lipinski definition) is 7. The van der Waals surface area contributed by atoms with Gasteiger partial charge in [-0.3, -0.25) is 19.6 Å². The maximum Gasteiger partial charge on any atom is 0.270 e. The molecule has 2 aliphatic rings. The molecular weight excluding hydrogens is 472 g/mol. The Bertz CT molecular complexity index is 1420. The molecular formula is C28H26N4O5. The van der Waals surface area contributed by atoms with E-state index in [1.165, 1.54) is 4.90 Å². The first-order valence-electron chi connectivity index (χ1n) is 11.9. The third-order valence-electron chi connectivity index (χ3n) is 6.17. The summed E-state index contributed by atoms with van der Waals surface area (Å²) in [7, 11) is 1.62. The Morgan fingerprint density at radius 1 is 1.24 bits per heavy atom. The van der Waals surface area contributed by atoms with E-state index in [1.54, 1.807) is 37.5 Å². The molecule has 2 amide bonds. The predicted octanol–water partition coefficient (Wildman–Crippen LogP) is 1.64. The lowest BCUT2D eigenvalue weighted by Gasteiger charge is -2.30. The minimum Gasteiger partial charge on any atom is -0.489 e. The number of rotatable bonds is 4. The van der Waals surface area contributed by atoms with Crippen LogP contribution in [0.2, 0.25) is 0 Å². The van der Waals surface area contributed by atoms with Gasteiger partial charge >= 0.3 is 0 Å². The van der Waals surface area contributed by atoms with Crippen LogP contribution in [-0.4, -0.2) is 65.4 Å². The zero-order valence-electron chi connectivity index (χ0n) is 20.5. The molecule has 188 valence electrons. The topological polar surface area (TPSA) is 114 Å². The van der Waals surface area contributed by atoms with Crippen LogP contribution in [0.15, 0.2) is 54.7 Å². The van der Waals surface area contributed by atoms with Crippen LogP contribution in [0.25, 0.3) is 0 Å². The molecule has 4 heterocycles. The molecule has 1 aromatic carbocycles. The van der Waals surface area contributed by atoms with Crippen LogP contribution in [0, 0.1) is 18.8 Å². The van der Waals surface area contributed by atoms with Gasteiger partial charge in [0.25, 0.3) is 11.8 Å². The van der Waals surface area contributed by atoms with E-state index in [4.69, 9.17) is 9.47 Å². The molecule has 0 aliphatic carbocycles. The number of aliphatic hydroxyl groups is 1. The highest BCUT2D eigenvalue weighted by Crippen LogP contribution is 2.31. The smallest absolute Gasteiger partial charge is 0.270 e. The molecule has 5 rings (SSSR count). The zero-order valence-corrected chi connectivity index (χ0v) is 20.5. The minimum atomic E-state index is -1.14. The molecule has 0 radical (unpaired) electrons. The lowest BCUT2D eigenvalue weighted by Crippen LogP contribution is -2.49. The molecule has 0 spiro atoms. The van der Waals surface area contributed by atoms with Crippen LogP contribution in [0.3, 0.4) is 0 Å². The second kappa shape index (κ2) is 10.0. The van der Waals surface area contributed by atoms with Crippen molar-refractivity contribution in [1.29, 1.82) is 0 Å². The highest BCUT2D eigenvalue weighted by atomic mass is 16.5. The number of pyridine rings is 2. The molecule has 37 heavy (non-hydrogen) atoms. The van der Waals surface area contributed by atoms with Crippen molar-refractivity contribution < 1.29 is 24.2 Å². The van der Waals surface area contributed by atoms with Crippen LogP contribution in [0.1, 0.15) is 33.0 Å². The maximum absolute atomic E-state index is 13.2. The van der Waals surface area contributed by atoms with Crippen LogP contribution >= 0.6 is 0 Å². The third kappa shape index (κ3) is 5.45. The Morgan fingerprint density at radius 2 is 2.08 bits per heavy atom. The van der Waals surface area contributed by atoms with E-state index in [9.17, 15) is 14.7 Å². The molecule has 9 nitrogen and oxygen atoms in total. The van der Waals surface area contributed by atoms with E-state index < -0.39 is 17.6 Å². The third-order valence-corrected chi connectivity index (χ3v) is 6.17. The molecule has 2 N–H and O–H groups in total. The zero-order chi connectivity index (χ0) is 26.0. The summed E-state index contributed by atoms with van der Waals surface area (Å²) < 4.78 is 10.9. The number of likely N-dealkylation sites (N-methyl/N-ethyl adjacent to an activating group) is 1. The van der Waals surface area contributed by atoms with Crippen molar-refractivity contribution in [2.45, 2.75) is 25.0 Å². The fraction of sp³-hybridized carbons (Fsp3) is 0.286. The number of fused-ring (bicyclic) bond motifs is 1. The quantitative estimate of drug-likeness (QED) is 0.526. The van der Waals surface area contributed by atoms with Crippen molar-refractivity contribution >= 4 is 17.5 Å². The molecule has 9 heteroatoms. The molecule has 1 saturated heterocycles. The summed E-state index contributed by atoms with van der Waals surface area (Å²) in [5, 5.41) is 12.9. The lowest BCUT2D eigenvalue weighted by molar-refractivity contribution is -0.140. The Morgan fingerprint density at radius 3 is 2.84 bits per heavy atom. The molecule has 1 atom stereocenters. The van der Waals surface area contributed by atoms with Crippen LogP contribution < -0.4 is 15.0 Å². The van der Waals surface area contributed by atoms with Gasteiger partial charge in [0.05, 0.1) is 18.9 Å². The van der Waals surface area contributed by atoms with Gasteiger partial charge in [0.1, 0.15) is 24.1 Å². The lowest BCUT2D eigenvalue weighted by atomic mass is 10.0. The maximum atomic E-state index is 13.2. The Labute approximate surface area is 214 Å². The summed E-state index contributed by atoms with van der Waals surface area (Å²) >= 11 is 0. The molecule has 3 aromatic rings. The van der Waals surface area contributed by atoms with Gasteiger partial charge in [-0.2, -0.15) is 0 Å². The molecule has 1 fully saturated rings. The van der Waals surface area contributed by atoms with Gasteiger partial charge in [0.15, 0.2) is 5.60 Å². The van der Waals surface area contributed by atoms with Gasteiger partial charge in [0.2, 0.25) is 0 Å². The second-order valence-corrected chi connectivity index (χ2v) is 9.19. The monoisotopic (exact) mass is 498 g/mol. The van der Waals surface area contributed by atoms with Crippen molar-refractivity contribution in [3.8, 4) is 17.6 Å². The van der Waals surface area contributed by atoms with Crippen molar-refractivity contribution in [3.63, 3.8) is 0 Å². The summed E-state index contributed by atoms with van der Waals surface area (Å²) in [5.41, 5.74) is 2.91. The number of carbonyl (C=O) groups excluding carboxylic acids is 2. The number of amides is 2. The van der Waals surface area contributed by atoms with E-state index in [0.717, 1.165) is 17.0 Å². The number of aromatic nitrogens is 2. The number of hydrogen-bond donors (Lipinski definition) is 2. The normalized spacial score (nSPS) is 17.9. The van der Waals surface area contributed by atoms with E-state index in [0.29, 0.717) is 23.4 Å². The average molecular weight is 499 g/mol.